The number of ether oxygens (including phenoxy) is 1. The summed E-state index contributed by atoms with van der Waals surface area (Å²) in [5.41, 5.74) is 0.407. The van der Waals surface area contributed by atoms with Crippen LogP contribution in [0, 0.1) is 0 Å². The molecule has 7 nitrogen and oxygen atoms in total. The van der Waals surface area contributed by atoms with Crippen molar-refractivity contribution in [2.75, 3.05) is 6.54 Å². The van der Waals surface area contributed by atoms with Gasteiger partial charge in [-0.05, 0) is 30.7 Å². The quantitative estimate of drug-likeness (QED) is 0.853. The number of hydrogen-bond donors (Lipinski definition) is 1. The molecule has 1 aliphatic heterocycles. The summed E-state index contributed by atoms with van der Waals surface area (Å²) in [6.07, 6.45) is -4.60. The van der Waals surface area contributed by atoms with E-state index in [1.54, 1.807) is 0 Å². The Hall–Kier alpha value is -2.62. The average Bonchev–Trinajstić information content (AvgIpc) is 3.12. The second kappa shape index (κ2) is 6.11. The van der Waals surface area contributed by atoms with Crippen molar-refractivity contribution < 1.29 is 32.3 Å². The summed E-state index contributed by atoms with van der Waals surface area (Å²) in [5.74, 6) is -0.167. The van der Waals surface area contributed by atoms with Crippen molar-refractivity contribution in [3.8, 4) is 17.1 Å². The molecule has 1 aliphatic rings. The maximum atomic E-state index is 12.1. The minimum absolute atomic E-state index is 0.0673. The second-order valence-corrected chi connectivity index (χ2v) is 5.17. The molecule has 0 bridgehead atoms. The predicted molar refractivity (Wildman–Crippen MR) is 72.6 cm³/mol. The lowest BCUT2D eigenvalue weighted by molar-refractivity contribution is -0.274. The first-order valence-electron chi connectivity index (χ1n) is 6.96. The Morgan fingerprint density at radius 3 is 2.67 bits per heavy atom. The maximum Gasteiger partial charge on any atom is 0.573 e. The number of carbonyl (C=O) groups is 1. The van der Waals surface area contributed by atoms with Gasteiger partial charge in [0, 0.05) is 12.1 Å². The topological polar surface area (TPSA) is 88.7 Å². The average molecular weight is 343 g/mol. The SMILES string of the molecule is O=CN1CC[C@H](O)[C@H]1c1nc(-c2ccc(OC(F)(F)F)cc2)no1. The molecule has 2 aromatic rings. The largest absolute Gasteiger partial charge is 0.573 e. The van der Waals surface area contributed by atoms with E-state index < -0.39 is 18.5 Å². The van der Waals surface area contributed by atoms with Gasteiger partial charge >= 0.3 is 6.36 Å². The molecule has 2 heterocycles. The molecular formula is C14H12F3N3O4. The van der Waals surface area contributed by atoms with Gasteiger partial charge in [0.25, 0.3) is 5.89 Å². The van der Waals surface area contributed by atoms with Crippen LogP contribution in [0.3, 0.4) is 0 Å². The number of benzene rings is 1. The fourth-order valence-corrected chi connectivity index (χ4v) is 2.50. The fraction of sp³-hybridized carbons (Fsp3) is 0.357. The van der Waals surface area contributed by atoms with Crippen molar-refractivity contribution in [2.24, 2.45) is 0 Å². The lowest BCUT2D eigenvalue weighted by Crippen LogP contribution is -2.26. The predicted octanol–water partition coefficient (Wildman–Crippen LogP) is 1.90. The van der Waals surface area contributed by atoms with E-state index >= 15 is 0 Å². The van der Waals surface area contributed by atoms with Crippen molar-refractivity contribution >= 4 is 6.41 Å². The molecular weight excluding hydrogens is 331 g/mol. The van der Waals surface area contributed by atoms with Crippen LogP contribution in [-0.2, 0) is 4.79 Å². The number of likely N-dealkylation sites (tertiary alicyclic amines) is 1. The van der Waals surface area contributed by atoms with Gasteiger partial charge in [-0.15, -0.1) is 13.2 Å². The summed E-state index contributed by atoms with van der Waals surface area (Å²) >= 11 is 0. The van der Waals surface area contributed by atoms with E-state index in [9.17, 15) is 23.1 Å². The van der Waals surface area contributed by atoms with E-state index in [2.05, 4.69) is 14.9 Å². The van der Waals surface area contributed by atoms with Crippen molar-refractivity contribution in [1.82, 2.24) is 15.0 Å². The smallest absolute Gasteiger partial charge is 0.406 e. The van der Waals surface area contributed by atoms with Gasteiger partial charge in [-0.2, -0.15) is 4.98 Å². The summed E-state index contributed by atoms with van der Waals surface area (Å²) in [7, 11) is 0. The van der Waals surface area contributed by atoms with E-state index in [0.29, 0.717) is 24.9 Å². The van der Waals surface area contributed by atoms with Crippen LogP contribution in [-0.4, -0.2) is 45.6 Å². The Bertz CT molecular complexity index is 717. The van der Waals surface area contributed by atoms with Gasteiger partial charge in [0.1, 0.15) is 11.8 Å². The summed E-state index contributed by atoms with van der Waals surface area (Å²) in [4.78, 5) is 16.4. The third-order valence-corrected chi connectivity index (χ3v) is 3.58. The number of rotatable bonds is 4. The van der Waals surface area contributed by atoms with Crippen LogP contribution >= 0.6 is 0 Å². The zero-order valence-corrected chi connectivity index (χ0v) is 12.1. The van der Waals surface area contributed by atoms with Gasteiger partial charge in [0.15, 0.2) is 0 Å². The van der Waals surface area contributed by atoms with Gasteiger partial charge in [0.05, 0.1) is 6.10 Å². The Balaban J connectivity index is 1.79. The molecule has 2 atom stereocenters. The number of halogens is 3. The van der Waals surface area contributed by atoms with Gasteiger partial charge < -0.3 is 19.3 Å². The third-order valence-electron chi connectivity index (χ3n) is 3.58. The summed E-state index contributed by atoms with van der Waals surface area (Å²) < 4.78 is 45.2. The Labute approximate surface area is 133 Å². The maximum absolute atomic E-state index is 12.1. The molecule has 10 heteroatoms. The molecule has 3 rings (SSSR count). The number of aliphatic hydroxyl groups excluding tert-OH is 1. The molecule has 1 saturated heterocycles. The number of amides is 1. The van der Waals surface area contributed by atoms with Crippen molar-refractivity contribution in [1.29, 1.82) is 0 Å². The normalized spacial score (nSPS) is 21.1. The van der Waals surface area contributed by atoms with E-state index in [0.717, 1.165) is 12.1 Å². The molecule has 0 spiro atoms. The summed E-state index contributed by atoms with van der Waals surface area (Å²) in [6, 6.07) is 4.22. The molecule has 1 aromatic heterocycles. The highest BCUT2D eigenvalue weighted by molar-refractivity contribution is 5.56. The summed E-state index contributed by atoms with van der Waals surface area (Å²) in [5, 5.41) is 13.7. The monoisotopic (exact) mass is 343 g/mol. The minimum Gasteiger partial charge on any atom is -0.406 e. The highest BCUT2D eigenvalue weighted by Crippen LogP contribution is 2.31. The molecule has 0 saturated carbocycles. The number of hydrogen-bond acceptors (Lipinski definition) is 6. The first-order valence-corrected chi connectivity index (χ1v) is 6.96. The van der Waals surface area contributed by atoms with Gasteiger partial charge in [0.2, 0.25) is 12.2 Å². The number of alkyl halides is 3. The van der Waals surface area contributed by atoms with Crippen molar-refractivity contribution in [2.45, 2.75) is 24.9 Å². The molecule has 1 aromatic carbocycles. The van der Waals surface area contributed by atoms with Crippen LogP contribution in [0.1, 0.15) is 18.4 Å². The van der Waals surface area contributed by atoms with Gasteiger partial charge in [-0.3, -0.25) is 4.79 Å². The van der Waals surface area contributed by atoms with Gasteiger partial charge in [-0.25, -0.2) is 0 Å². The minimum atomic E-state index is -4.77. The van der Waals surface area contributed by atoms with E-state index in [1.165, 1.54) is 17.0 Å². The molecule has 0 aliphatic carbocycles. The van der Waals surface area contributed by atoms with E-state index in [1.807, 2.05) is 0 Å². The molecule has 24 heavy (non-hydrogen) atoms. The Morgan fingerprint density at radius 1 is 1.33 bits per heavy atom. The first kappa shape index (κ1) is 16.2. The Morgan fingerprint density at radius 2 is 2.04 bits per heavy atom. The van der Waals surface area contributed by atoms with Crippen LogP contribution in [0.4, 0.5) is 13.2 Å². The second-order valence-electron chi connectivity index (χ2n) is 5.17. The zero-order chi connectivity index (χ0) is 17.3. The van der Waals surface area contributed by atoms with Crippen LogP contribution in [0.15, 0.2) is 28.8 Å². The van der Waals surface area contributed by atoms with Crippen LogP contribution in [0.2, 0.25) is 0 Å². The van der Waals surface area contributed by atoms with Crippen molar-refractivity contribution in [3.05, 3.63) is 30.2 Å². The number of carbonyl (C=O) groups excluding carboxylic acids is 1. The highest BCUT2D eigenvalue weighted by atomic mass is 19.4. The number of aliphatic hydroxyl groups is 1. The molecule has 128 valence electrons. The third kappa shape index (κ3) is 3.32. The molecule has 0 radical (unpaired) electrons. The van der Waals surface area contributed by atoms with Gasteiger partial charge in [-0.1, -0.05) is 5.16 Å². The number of nitrogens with zero attached hydrogens (tertiary/aromatic N) is 3. The van der Waals surface area contributed by atoms with Crippen LogP contribution < -0.4 is 4.74 Å². The zero-order valence-electron chi connectivity index (χ0n) is 12.1. The molecule has 1 amide bonds. The van der Waals surface area contributed by atoms with E-state index in [4.69, 9.17) is 4.52 Å². The van der Waals surface area contributed by atoms with Crippen LogP contribution in [0.5, 0.6) is 5.75 Å². The van der Waals surface area contributed by atoms with Crippen molar-refractivity contribution in [3.63, 3.8) is 0 Å². The fourth-order valence-electron chi connectivity index (χ4n) is 2.50. The lowest BCUT2D eigenvalue weighted by Gasteiger charge is -2.17. The van der Waals surface area contributed by atoms with Crippen LogP contribution in [0.25, 0.3) is 11.4 Å². The molecule has 0 unspecified atom stereocenters. The molecule has 1 fully saturated rings. The summed E-state index contributed by atoms with van der Waals surface area (Å²) in [6.45, 7) is 0.372. The lowest BCUT2D eigenvalue weighted by atomic mass is 10.1. The van der Waals surface area contributed by atoms with E-state index in [-0.39, 0.29) is 17.5 Å². The standard InChI is InChI=1S/C14H12F3N3O4/c15-14(16,17)23-9-3-1-8(2-4-9)12-18-13(24-19-12)11-10(22)5-6-20(11)7-21/h1-4,7,10-11,22H,5-6H2/t10-,11-/m0/s1. The number of aromatic nitrogens is 2. The first-order chi connectivity index (χ1) is 11.4. The highest BCUT2D eigenvalue weighted by Gasteiger charge is 2.37. The molecule has 1 N–H and O–H groups in total. The Kier molecular flexibility index (Phi) is 4.14.